The molecule has 1 unspecified atom stereocenters. The fourth-order valence-electron chi connectivity index (χ4n) is 1.79. The van der Waals surface area contributed by atoms with Crippen LogP contribution in [0.25, 0.3) is 0 Å². The Morgan fingerprint density at radius 3 is 3.00 bits per heavy atom. The molecule has 3 rings (SSSR count). The predicted molar refractivity (Wildman–Crippen MR) is 65.6 cm³/mol. The molecule has 0 spiro atoms. The second-order valence-electron chi connectivity index (χ2n) is 4.04. The van der Waals surface area contributed by atoms with Crippen LogP contribution < -0.4 is 9.47 Å². The molecule has 2 aromatic rings. The first kappa shape index (κ1) is 12.5. The first-order valence-electron chi connectivity index (χ1n) is 6.17. The molecule has 20 heavy (non-hydrogen) atoms. The number of aromatic nitrogens is 2. The Bertz CT molecular complexity index is 625. The topological polar surface area (TPSA) is 83.7 Å². The maximum absolute atomic E-state index is 11.5. The normalized spacial score (nSPS) is 16.8. The van der Waals surface area contributed by atoms with Gasteiger partial charge in [-0.1, -0.05) is 12.1 Å². The first-order chi connectivity index (χ1) is 9.78. The predicted octanol–water partition coefficient (Wildman–Crippen LogP) is 1.76. The summed E-state index contributed by atoms with van der Waals surface area (Å²) in [6.07, 6.45) is -0.541. The van der Waals surface area contributed by atoms with E-state index in [9.17, 15) is 4.79 Å². The van der Waals surface area contributed by atoms with Crippen molar-refractivity contribution in [1.29, 1.82) is 0 Å². The molecule has 7 nitrogen and oxygen atoms in total. The molecule has 1 aliphatic heterocycles. The van der Waals surface area contributed by atoms with Crippen LogP contribution in [0.4, 0.5) is 0 Å². The van der Waals surface area contributed by atoms with Crippen molar-refractivity contribution in [2.75, 3.05) is 13.2 Å². The van der Waals surface area contributed by atoms with Crippen molar-refractivity contribution in [3.63, 3.8) is 0 Å². The highest BCUT2D eigenvalue weighted by Crippen LogP contribution is 2.35. The number of ether oxygens (including phenoxy) is 3. The first-order valence-corrected chi connectivity index (χ1v) is 6.17. The highest BCUT2D eigenvalue weighted by atomic mass is 16.6. The second-order valence-corrected chi connectivity index (χ2v) is 4.04. The second kappa shape index (κ2) is 5.20. The summed E-state index contributed by atoms with van der Waals surface area (Å²) in [6.45, 7) is 2.19. The van der Waals surface area contributed by atoms with E-state index < -0.39 is 12.1 Å². The Balaban J connectivity index is 1.77. The number of nitrogens with zero attached hydrogens (tertiary/aromatic N) is 2. The van der Waals surface area contributed by atoms with Crippen LogP contribution in [-0.2, 0) is 4.74 Å². The maximum atomic E-state index is 11.5. The minimum atomic E-state index is -0.625. The fraction of sp³-hybridized carbons (Fsp3) is 0.308. The molecule has 0 aliphatic carbocycles. The molecule has 104 valence electrons. The summed E-state index contributed by atoms with van der Waals surface area (Å²) in [5.74, 6) is 0.694. The summed E-state index contributed by atoms with van der Waals surface area (Å²) < 4.78 is 21.0. The third-order valence-electron chi connectivity index (χ3n) is 2.68. The summed E-state index contributed by atoms with van der Waals surface area (Å²) in [7, 11) is 0. The third kappa shape index (κ3) is 2.29. The largest absolute Gasteiger partial charge is 0.485 e. The van der Waals surface area contributed by atoms with Crippen molar-refractivity contribution in [3.05, 3.63) is 36.0 Å². The van der Waals surface area contributed by atoms with Gasteiger partial charge in [0.1, 0.15) is 6.61 Å². The Kier molecular flexibility index (Phi) is 3.24. The van der Waals surface area contributed by atoms with Crippen molar-refractivity contribution >= 4 is 5.97 Å². The van der Waals surface area contributed by atoms with Crippen molar-refractivity contribution in [2.24, 2.45) is 0 Å². The zero-order chi connectivity index (χ0) is 13.9. The Labute approximate surface area is 114 Å². The van der Waals surface area contributed by atoms with Gasteiger partial charge in [0.15, 0.2) is 11.5 Å². The molecule has 0 amide bonds. The molecular formula is C13H12N2O5. The summed E-state index contributed by atoms with van der Waals surface area (Å²) in [5, 5.41) is 3.57. The van der Waals surface area contributed by atoms with Gasteiger partial charge in [-0.15, -0.1) is 0 Å². The molecule has 1 atom stereocenters. The van der Waals surface area contributed by atoms with E-state index in [0.29, 0.717) is 11.5 Å². The van der Waals surface area contributed by atoms with Crippen LogP contribution in [-0.4, -0.2) is 29.3 Å². The smallest absolute Gasteiger partial charge is 0.379 e. The molecule has 0 saturated carbocycles. The van der Waals surface area contributed by atoms with Crippen molar-refractivity contribution in [1.82, 2.24) is 10.1 Å². The number of rotatable bonds is 3. The van der Waals surface area contributed by atoms with Gasteiger partial charge in [0.05, 0.1) is 6.61 Å². The average Bonchev–Trinajstić information content (AvgIpc) is 2.97. The molecule has 0 fully saturated rings. The molecule has 0 N–H and O–H groups in total. The zero-order valence-electron chi connectivity index (χ0n) is 10.7. The van der Waals surface area contributed by atoms with Crippen molar-refractivity contribution in [3.8, 4) is 11.5 Å². The van der Waals surface area contributed by atoms with Gasteiger partial charge >= 0.3 is 5.97 Å². The van der Waals surface area contributed by atoms with Crippen LogP contribution in [0.3, 0.4) is 0 Å². The van der Waals surface area contributed by atoms with E-state index in [1.54, 1.807) is 13.0 Å². The maximum Gasteiger partial charge on any atom is 0.379 e. The third-order valence-corrected chi connectivity index (χ3v) is 2.68. The van der Waals surface area contributed by atoms with Crippen LogP contribution in [0.15, 0.2) is 28.8 Å². The summed E-state index contributed by atoms with van der Waals surface area (Å²) in [6, 6.07) is 7.28. The lowest BCUT2D eigenvalue weighted by Gasteiger charge is -2.23. The summed E-state index contributed by atoms with van der Waals surface area (Å²) in [4.78, 5) is 15.4. The van der Waals surface area contributed by atoms with Gasteiger partial charge in [-0.2, -0.15) is 4.98 Å². The SMILES string of the molecule is CCOC(=O)c1noc(C2COc3ccccc3O2)n1. The number of para-hydroxylation sites is 2. The standard InChI is InChI=1S/C13H12N2O5/c1-2-17-13(16)11-14-12(20-15-11)10-7-18-8-5-3-4-6-9(8)19-10/h3-6,10H,2,7H2,1H3. The van der Waals surface area contributed by atoms with Crippen LogP contribution in [0.5, 0.6) is 11.5 Å². The van der Waals surface area contributed by atoms with Gasteiger partial charge in [0.2, 0.25) is 6.10 Å². The highest BCUT2D eigenvalue weighted by molar-refractivity contribution is 5.84. The van der Waals surface area contributed by atoms with E-state index in [0.717, 1.165) is 0 Å². The number of benzene rings is 1. The Morgan fingerprint density at radius 2 is 2.20 bits per heavy atom. The lowest BCUT2D eigenvalue weighted by molar-refractivity contribution is 0.0508. The van der Waals surface area contributed by atoms with Gasteiger partial charge in [-0.05, 0) is 24.2 Å². The molecule has 1 aliphatic rings. The van der Waals surface area contributed by atoms with Crippen LogP contribution >= 0.6 is 0 Å². The molecular weight excluding hydrogens is 264 g/mol. The van der Waals surface area contributed by atoms with E-state index in [2.05, 4.69) is 10.1 Å². The van der Waals surface area contributed by atoms with Crippen molar-refractivity contribution in [2.45, 2.75) is 13.0 Å². The fourth-order valence-corrected chi connectivity index (χ4v) is 1.79. The van der Waals surface area contributed by atoms with Gasteiger partial charge in [-0.25, -0.2) is 4.79 Å². The number of carbonyl (C=O) groups excluding carboxylic acids is 1. The van der Waals surface area contributed by atoms with E-state index in [1.165, 1.54) is 0 Å². The molecule has 0 saturated heterocycles. The van der Waals surface area contributed by atoms with Gasteiger partial charge in [-0.3, -0.25) is 0 Å². The van der Waals surface area contributed by atoms with Crippen LogP contribution in [0, 0.1) is 0 Å². The minimum Gasteiger partial charge on any atom is -0.485 e. The van der Waals surface area contributed by atoms with E-state index in [4.69, 9.17) is 18.7 Å². The zero-order valence-corrected chi connectivity index (χ0v) is 10.7. The summed E-state index contributed by atoms with van der Waals surface area (Å²) >= 11 is 0. The number of carbonyl (C=O) groups is 1. The van der Waals surface area contributed by atoms with E-state index >= 15 is 0 Å². The monoisotopic (exact) mass is 276 g/mol. The quantitative estimate of drug-likeness (QED) is 0.789. The van der Waals surface area contributed by atoms with Gasteiger partial charge in [0, 0.05) is 0 Å². The van der Waals surface area contributed by atoms with E-state index in [1.807, 2.05) is 18.2 Å². The number of esters is 1. The molecule has 0 radical (unpaired) electrons. The molecule has 2 heterocycles. The highest BCUT2D eigenvalue weighted by Gasteiger charge is 2.28. The van der Waals surface area contributed by atoms with E-state index in [-0.39, 0.29) is 24.9 Å². The van der Waals surface area contributed by atoms with Crippen molar-refractivity contribution < 1.29 is 23.5 Å². The molecule has 1 aromatic heterocycles. The Hall–Kier alpha value is -2.57. The average molecular weight is 276 g/mol. The molecule has 7 heteroatoms. The molecule has 1 aromatic carbocycles. The van der Waals surface area contributed by atoms with Crippen LogP contribution in [0.1, 0.15) is 29.5 Å². The molecule has 0 bridgehead atoms. The minimum absolute atomic E-state index is 0.121. The Morgan fingerprint density at radius 1 is 1.40 bits per heavy atom. The van der Waals surface area contributed by atoms with Gasteiger partial charge < -0.3 is 18.7 Å². The number of hydrogen-bond donors (Lipinski definition) is 0. The number of hydrogen-bond acceptors (Lipinski definition) is 7. The lowest BCUT2D eigenvalue weighted by Crippen LogP contribution is -2.22. The lowest BCUT2D eigenvalue weighted by atomic mass is 10.2. The van der Waals surface area contributed by atoms with Gasteiger partial charge in [0.25, 0.3) is 11.7 Å². The summed E-state index contributed by atoms with van der Waals surface area (Å²) in [5.41, 5.74) is 0. The van der Waals surface area contributed by atoms with Crippen LogP contribution in [0.2, 0.25) is 0 Å². The number of fused-ring (bicyclic) bond motifs is 1.